The Balaban J connectivity index is 1.96. The van der Waals surface area contributed by atoms with Gasteiger partial charge in [0.25, 0.3) is 0 Å². The predicted molar refractivity (Wildman–Crippen MR) is 64.7 cm³/mol. The maximum absolute atomic E-state index is 9.84. The first kappa shape index (κ1) is 11.1. The van der Waals surface area contributed by atoms with E-state index in [4.69, 9.17) is 0 Å². The molecule has 0 amide bonds. The number of benzene rings is 1. The number of likely N-dealkylation sites (tertiary alicyclic amines) is 1. The topological polar surface area (TPSA) is 23.5 Å². The molecule has 0 saturated carbocycles. The predicted octanol–water partition coefficient (Wildman–Crippen LogP) is 2.41. The van der Waals surface area contributed by atoms with Crippen LogP contribution in [-0.4, -0.2) is 28.7 Å². The third-order valence-electron chi connectivity index (χ3n) is 2.85. The van der Waals surface area contributed by atoms with Crippen LogP contribution in [0.25, 0.3) is 0 Å². The molecule has 1 aromatic rings. The summed E-state index contributed by atoms with van der Waals surface area (Å²) in [5, 5.41) is 9.84. The van der Waals surface area contributed by atoms with Crippen LogP contribution in [0, 0.1) is 0 Å². The van der Waals surface area contributed by atoms with Gasteiger partial charge in [0.15, 0.2) is 0 Å². The molecular formula is C12H16BrNO. The Kier molecular flexibility index (Phi) is 3.14. The van der Waals surface area contributed by atoms with Crippen LogP contribution in [-0.2, 0) is 6.54 Å². The fourth-order valence-electron chi connectivity index (χ4n) is 2.02. The molecular weight excluding hydrogens is 254 g/mol. The summed E-state index contributed by atoms with van der Waals surface area (Å²) < 4.78 is 1.11. The minimum absolute atomic E-state index is 0.491. The van der Waals surface area contributed by atoms with Gasteiger partial charge in [-0.05, 0) is 31.0 Å². The molecule has 0 spiro atoms. The van der Waals surface area contributed by atoms with Crippen LogP contribution >= 0.6 is 15.9 Å². The van der Waals surface area contributed by atoms with Gasteiger partial charge in [-0.2, -0.15) is 0 Å². The number of β-amino-alcohol motifs (C(OH)–C–C–N with tert-alkyl or cyclic N) is 1. The van der Waals surface area contributed by atoms with Crippen LogP contribution in [0.1, 0.15) is 18.9 Å². The second-order valence-corrected chi connectivity index (χ2v) is 5.50. The Hall–Kier alpha value is -0.380. The second kappa shape index (κ2) is 4.24. The van der Waals surface area contributed by atoms with Crippen LogP contribution in [0.3, 0.4) is 0 Å². The van der Waals surface area contributed by atoms with E-state index < -0.39 is 5.60 Å². The fourth-order valence-corrected chi connectivity index (χ4v) is 2.29. The third-order valence-corrected chi connectivity index (χ3v) is 3.38. The number of hydrogen-bond acceptors (Lipinski definition) is 2. The van der Waals surface area contributed by atoms with Gasteiger partial charge in [-0.25, -0.2) is 0 Å². The average Bonchev–Trinajstić information content (AvgIpc) is 2.50. The standard InChI is InChI=1S/C12H16BrNO/c1-12(15)6-7-14(9-12)8-10-2-4-11(13)5-3-10/h2-5,15H,6-9H2,1H3. The Bertz CT molecular complexity index is 334. The first-order chi connectivity index (χ1) is 7.05. The van der Waals surface area contributed by atoms with Crippen molar-refractivity contribution in [2.75, 3.05) is 13.1 Å². The summed E-state index contributed by atoms with van der Waals surface area (Å²) >= 11 is 3.42. The molecule has 0 aromatic heterocycles. The van der Waals surface area contributed by atoms with Crippen molar-refractivity contribution in [2.45, 2.75) is 25.5 Å². The summed E-state index contributed by atoms with van der Waals surface area (Å²) in [5.41, 5.74) is 0.811. The summed E-state index contributed by atoms with van der Waals surface area (Å²) in [4.78, 5) is 2.29. The molecule has 15 heavy (non-hydrogen) atoms. The van der Waals surface area contributed by atoms with Crippen LogP contribution in [0.15, 0.2) is 28.7 Å². The Morgan fingerprint density at radius 1 is 1.40 bits per heavy atom. The highest BCUT2D eigenvalue weighted by Gasteiger charge is 2.30. The highest BCUT2D eigenvalue weighted by Crippen LogP contribution is 2.22. The van der Waals surface area contributed by atoms with Gasteiger partial charge in [0.2, 0.25) is 0 Å². The van der Waals surface area contributed by atoms with Crippen LogP contribution in [0.4, 0.5) is 0 Å². The molecule has 1 N–H and O–H groups in total. The molecule has 1 aliphatic rings. The zero-order valence-electron chi connectivity index (χ0n) is 8.91. The normalized spacial score (nSPS) is 27.1. The van der Waals surface area contributed by atoms with Gasteiger partial charge in [0, 0.05) is 24.1 Å². The first-order valence-electron chi connectivity index (χ1n) is 5.24. The molecule has 2 rings (SSSR count). The molecule has 1 heterocycles. The van der Waals surface area contributed by atoms with E-state index >= 15 is 0 Å². The molecule has 1 atom stereocenters. The van der Waals surface area contributed by atoms with Crippen molar-refractivity contribution in [3.63, 3.8) is 0 Å². The van der Waals surface area contributed by atoms with Gasteiger partial charge in [0.05, 0.1) is 5.60 Å². The maximum Gasteiger partial charge on any atom is 0.0758 e. The Labute approximate surface area is 99.0 Å². The van der Waals surface area contributed by atoms with E-state index in [0.717, 1.165) is 30.5 Å². The lowest BCUT2D eigenvalue weighted by molar-refractivity contribution is 0.0679. The molecule has 0 aliphatic carbocycles. The highest BCUT2D eigenvalue weighted by molar-refractivity contribution is 9.10. The molecule has 3 heteroatoms. The molecule has 1 unspecified atom stereocenters. The zero-order valence-corrected chi connectivity index (χ0v) is 10.5. The minimum atomic E-state index is -0.491. The largest absolute Gasteiger partial charge is 0.389 e. The van der Waals surface area contributed by atoms with E-state index in [1.807, 2.05) is 6.92 Å². The van der Waals surface area contributed by atoms with Gasteiger partial charge in [0.1, 0.15) is 0 Å². The highest BCUT2D eigenvalue weighted by atomic mass is 79.9. The summed E-state index contributed by atoms with van der Waals surface area (Å²) in [6.07, 6.45) is 0.879. The average molecular weight is 270 g/mol. The van der Waals surface area contributed by atoms with Gasteiger partial charge >= 0.3 is 0 Å². The van der Waals surface area contributed by atoms with Crippen molar-refractivity contribution in [3.05, 3.63) is 34.3 Å². The molecule has 1 saturated heterocycles. The van der Waals surface area contributed by atoms with Crippen molar-refractivity contribution in [1.29, 1.82) is 0 Å². The summed E-state index contributed by atoms with van der Waals surface area (Å²) in [5.74, 6) is 0. The summed E-state index contributed by atoms with van der Waals surface area (Å²) in [6.45, 7) is 4.62. The Morgan fingerprint density at radius 2 is 2.07 bits per heavy atom. The molecule has 1 aromatic carbocycles. The monoisotopic (exact) mass is 269 g/mol. The van der Waals surface area contributed by atoms with Crippen molar-refractivity contribution in [2.24, 2.45) is 0 Å². The van der Waals surface area contributed by atoms with Gasteiger partial charge in [-0.15, -0.1) is 0 Å². The van der Waals surface area contributed by atoms with E-state index in [-0.39, 0.29) is 0 Å². The Morgan fingerprint density at radius 3 is 2.60 bits per heavy atom. The molecule has 1 aliphatic heterocycles. The summed E-state index contributed by atoms with van der Waals surface area (Å²) in [7, 11) is 0. The smallest absolute Gasteiger partial charge is 0.0758 e. The summed E-state index contributed by atoms with van der Waals surface area (Å²) in [6, 6.07) is 8.36. The SMILES string of the molecule is CC1(O)CCN(Cc2ccc(Br)cc2)C1. The lowest BCUT2D eigenvalue weighted by atomic mass is 10.1. The van der Waals surface area contributed by atoms with E-state index in [2.05, 4.69) is 45.1 Å². The number of hydrogen-bond donors (Lipinski definition) is 1. The molecule has 1 fully saturated rings. The molecule has 0 radical (unpaired) electrons. The lowest BCUT2D eigenvalue weighted by Gasteiger charge is -2.18. The van der Waals surface area contributed by atoms with E-state index in [1.54, 1.807) is 0 Å². The number of halogens is 1. The van der Waals surface area contributed by atoms with Gasteiger partial charge in [-0.1, -0.05) is 28.1 Å². The van der Waals surface area contributed by atoms with Crippen molar-refractivity contribution in [1.82, 2.24) is 4.90 Å². The molecule has 2 nitrogen and oxygen atoms in total. The van der Waals surface area contributed by atoms with Crippen LogP contribution in [0.2, 0.25) is 0 Å². The quantitative estimate of drug-likeness (QED) is 0.892. The van der Waals surface area contributed by atoms with Crippen LogP contribution < -0.4 is 0 Å². The third kappa shape index (κ3) is 3.03. The van der Waals surface area contributed by atoms with Crippen molar-refractivity contribution in [3.8, 4) is 0 Å². The minimum Gasteiger partial charge on any atom is -0.389 e. The van der Waals surface area contributed by atoms with E-state index in [0.29, 0.717) is 0 Å². The van der Waals surface area contributed by atoms with Gasteiger partial charge in [-0.3, -0.25) is 4.90 Å². The zero-order chi connectivity index (χ0) is 10.9. The van der Waals surface area contributed by atoms with Crippen LogP contribution in [0.5, 0.6) is 0 Å². The van der Waals surface area contributed by atoms with E-state index in [9.17, 15) is 5.11 Å². The lowest BCUT2D eigenvalue weighted by Crippen LogP contribution is -2.29. The molecule has 0 bridgehead atoms. The first-order valence-corrected chi connectivity index (χ1v) is 6.04. The number of rotatable bonds is 2. The van der Waals surface area contributed by atoms with Gasteiger partial charge < -0.3 is 5.11 Å². The van der Waals surface area contributed by atoms with Crippen molar-refractivity contribution >= 4 is 15.9 Å². The molecule has 82 valence electrons. The fraction of sp³-hybridized carbons (Fsp3) is 0.500. The maximum atomic E-state index is 9.84. The number of aliphatic hydroxyl groups is 1. The second-order valence-electron chi connectivity index (χ2n) is 4.58. The number of nitrogens with zero attached hydrogens (tertiary/aromatic N) is 1. The van der Waals surface area contributed by atoms with Crippen molar-refractivity contribution < 1.29 is 5.11 Å². The van der Waals surface area contributed by atoms with E-state index in [1.165, 1.54) is 5.56 Å².